The molecule has 0 saturated heterocycles. The van der Waals surface area contributed by atoms with E-state index in [0.29, 0.717) is 12.4 Å². The van der Waals surface area contributed by atoms with Crippen LogP contribution in [0.2, 0.25) is 0 Å². The quantitative estimate of drug-likeness (QED) is 0.928. The Labute approximate surface area is 118 Å². The topological polar surface area (TPSA) is 43.3 Å². The average molecular weight is 270 g/mol. The third-order valence-electron chi connectivity index (χ3n) is 3.61. The predicted molar refractivity (Wildman–Crippen MR) is 77.9 cm³/mol. The molecule has 4 nitrogen and oxygen atoms in total. The van der Waals surface area contributed by atoms with Crippen LogP contribution in [0.4, 0.5) is 0 Å². The zero-order chi connectivity index (χ0) is 13.9. The Morgan fingerprint density at radius 2 is 2.15 bits per heavy atom. The summed E-state index contributed by atoms with van der Waals surface area (Å²) in [5.74, 6) is 0.423. The summed E-state index contributed by atoms with van der Waals surface area (Å²) >= 11 is 0. The first-order valence-corrected chi connectivity index (χ1v) is 6.88. The fourth-order valence-corrected chi connectivity index (χ4v) is 2.49. The normalized spacial score (nSPS) is 17.6. The van der Waals surface area contributed by atoms with Crippen LogP contribution in [0.1, 0.15) is 24.2 Å². The van der Waals surface area contributed by atoms with Crippen molar-refractivity contribution >= 4 is 0 Å². The van der Waals surface area contributed by atoms with E-state index in [1.54, 1.807) is 6.07 Å². The van der Waals surface area contributed by atoms with Crippen LogP contribution in [0, 0.1) is 0 Å². The van der Waals surface area contributed by atoms with Crippen molar-refractivity contribution in [2.45, 2.75) is 26.1 Å². The molecule has 2 heterocycles. The van der Waals surface area contributed by atoms with E-state index in [1.165, 1.54) is 0 Å². The summed E-state index contributed by atoms with van der Waals surface area (Å²) in [6.07, 6.45) is 1.83. The molecule has 0 radical (unpaired) electrons. The molecule has 20 heavy (non-hydrogen) atoms. The smallest absolute Gasteiger partial charge is 0.223 e. The van der Waals surface area contributed by atoms with Crippen LogP contribution < -0.4 is 15.5 Å². The number of aromatic nitrogens is 1. The number of pyridine rings is 1. The second-order valence-corrected chi connectivity index (χ2v) is 5.07. The number of benzene rings is 1. The Bertz CT molecular complexity index is 649. The van der Waals surface area contributed by atoms with Gasteiger partial charge in [-0.15, -0.1) is 0 Å². The van der Waals surface area contributed by atoms with Gasteiger partial charge in [0.15, 0.2) is 5.75 Å². The van der Waals surface area contributed by atoms with E-state index in [-0.39, 0.29) is 11.5 Å². The van der Waals surface area contributed by atoms with Crippen LogP contribution in [0.25, 0.3) is 0 Å². The van der Waals surface area contributed by atoms with Crippen molar-refractivity contribution in [3.8, 4) is 5.75 Å². The molecule has 1 aliphatic rings. The molecule has 0 spiro atoms. The van der Waals surface area contributed by atoms with Gasteiger partial charge in [-0.25, -0.2) is 0 Å². The summed E-state index contributed by atoms with van der Waals surface area (Å²) in [5, 5.41) is 3.34. The van der Waals surface area contributed by atoms with Gasteiger partial charge in [0.1, 0.15) is 6.61 Å². The minimum Gasteiger partial charge on any atom is -0.483 e. The summed E-state index contributed by atoms with van der Waals surface area (Å²) in [5.41, 5.74) is 2.03. The first-order valence-electron chi connectivity index (χ1n) is 6.88. The molecule has 0 aliphatic carbocycles. The van der Waals surface area contributed by atoms with Crippen LogP contribution in [0.15, 0.2) is 47.4 Å². The highest BCUT2D eigenvalue weighted by Crippen LogP contribution is 2.18. The first kappa shape index (κ1) is 12.9. The summed E-state index contributed by atoms with van der Waals surface area (Å²) in [7, 11) is 0. The predicted octanol–water partition coefficient (Wildman–Crippen LogP) is 2.09. The Balaban J connectivity index is 1.82. The number of hydrogen-bond acceptors (Lipinski definition) is 3. The molecule has 1 aliphatic heterocycles. The number of ether oxygens (including phenoxy) is 1. The van der Waals surface area contributed by atoms with Crippen LogP contribution in [0.3, 0.4) is 0 Å². The lowest BCUT2D eigenvalue weighted by Crippen LogP contribution is -2.33. The largest absolute Gasteiger partial charge is 0.483 e. The van der Waals surface area contributed by atoms with Gasteiger partial charge in [0, 0.05) is 30.9 Å². The van der Waals surface area contributed by atoms with Crippen LogP contribution in [-0.2, 0) is 13.2 Å². The molecule has 1 aromatic heterocycles. The van der Waals surface area contributed by atoms with Crippen molar-refractivity contribution in [1.29, 1.82) is 0 Å². The molecular formula is C16H18N2O2. The molecule has 0 amide bonds. The highest BCUT2D eigenvalue weighted by Gasteiger charge is 2.16. The number of hydrogen-bond donors (Lipinski definition) is 1. The van der Waals surface area contributed by atoms with Crippen molar-refractivity contribution < 1.29 is 4.74 Å². The van der Waals surface area contributed by atoms with E-state index < -0.39 is 0 Å². The Morgan fingerprint density at radius 1 is 1.35 bits per heavy atom. The lowest BCUT2D eigenvalue weighted by Gasteiger charge is -2.26. The van der Waals surface area contributed by atoms with Gasteiger partial charge in [-0.05, 0) is 12.5 Å². The van der Waals surface area contributed by atoms with E-state index in [0.717, 1.165) is 24.3 Å². The van der Waals surface area contributed by atoms with Crippen LogP contribution in [-0.4, -0.2) is 11.1 Å². The van der Waals surface area contributed by atoms with E-state index in [2.05, 4.69) is 16.8 Å². The fourth-order valence-electron chi connectivity index (χ4n) is 2.49. The number of nitrogens with one attached hydrogen (secondary N) is 1. The minimum absolute atomic E-state index is 0.0530. The summed E-state index contributed by atoms with van der Waals surface area (Å²) in [4.78, 5) is 12.1. The molecule has 0 bridgehead atoms. The van der Waals surface area contributed by atoms with E-state index >= 15 is 0 Å². The van der Waals surface area contributed by atoms with Gasteiger partial charge in [-0.3, -0.25) is 4.79 Å². The maximum absolute atomic E-state index is 12.1. The van der Waals surface area contributed by atoms with E-state index in [4.69, 9.17) is 4.74 Å². The lowest BCUT2D eigenvalue weighted by atomic mass is 10.1. The van der Waals surface area contributed by atoms with Crippen molar-refractivity contribution in [2.75, 3.05) is 6.54 Å². The molecule has 1 N–H and O–H groups in total. The van der Waals surface area contributed by atoms with Gasteiger partial charge in [0.25, 0.3) is 0 Å². The van der Waals surface area contributed by atoms with Gasteiger partial charge in [0.2, 0.25) is 5.43 Å². The van der Waals surface area contributed by atoms with Crippen LogP contribution >= 0.6 is 0 Å². The Hall–Kier alpha value is -2.07. The SMILES string of the molecule is CC1NCCn2cc(OCc3ccccc3)c(=O)cc21. The maximum Gasteiger partial charge on any atom is 0.223 e. The zero-order valence-electron chi connectivity index (χ0n) is 11.5. The monoisotopic (exact) mass is 270 g/mol. The third kappa shape index (κ3) is 2.60. The summed E-state index contributed by atoms with van der Waals surface area (Å²) in [6, 6.07) is 11.8. The van der Waals surface area contributed by atoms with Gasteiger partial charge in [0.05, 0.1) is 6.20 Å². The van der Waals surface area contributed by atoms with Gasteiger partial charge < -0.3 is 14.6 Å². The molecule has 4 heteroatoms. The molecule has 2 aromatic rings. The second kappa shape index (κ2) is 5.51. The van der Waals surface area contributed by atoms with Crippen LogP contribution in [0.5, 0.6) is 5.75 Å². The zero-order valence-corrected chi connectivity index (χ0v) is 11.5. The molecule has 104 valence electrons. The van der Waals surface area contributed by atoms with Gasteiger partial charge in [-0.2, -0.15) is 0 Å². The summed E-state index contributed by atoms with van der Waals surface area (Å²) in [6.45, 7) is 4.26. The fraction of sp³-hybridized carbons (Fsp3) is 0.312. The standard InChI is InChI=1S/C16H18N2O2/c1-12-14-9-15(19)16(10-18(14)8-7-17-12)20-11-13-5-3-2-4-6-13/h2-6,9-10,12,17H,7-8,11H2,1H3. The minimum atomic E-state index is -0.0530. The number of nitrogens with zero attached hydrogens (tertiary/aromatic N) is 1. The molecule has 1 unspecified atom stereocenters. The van der Waals surface area contributed by atoms with Crippen molar-refractivity contribution in [2.24, 2.45) is 0 Å². The third-order valence-corrected chi connectivity index (χ3v) is 3.61. The molecule has 0 fully saturated rings. The molecule has 1 atom stereocenters. The second-order valence-electron chi connectivity index (χ2n) is 5.07. The van der Waals surface area contributed by atoms with E-state index in [1.807, 2.05) is 36.5 Å². The van der Waals surface area contributed by atoms with Gasteiger partial charge in [-0.1, -0.05) is 30.3 Å². The molecule has 0 saturated carbocycles. The lowest BCUT2D eigenvalue weighted by molar-refractivity contribution is 0.297. The van der Waals surface area contributed by atoms with Crippen molar-refractivity contribution in [3.05, 3.63) is 64.1 Å². The number of rotatable bonds is 3. The highest BCUT2D eigenvalue weighted by atomic mass is 16.5. The highest BCUT2D eigenvalue weighted by molar-refractivity contribution is 5.25. The molecule has 3 rings (SSSR count). The Morgan fingerprint density at radius 3 is 2.95 bits per heavy atom. The van der Waals surface area contributed by atoms with E-state index in [9.17, 15) is 4.79 Å². The van der Waals surface area contributed by atoms with Crippen molar-refractivity contribution in [1.82, 2.24) is 9.88 Å². The molecular weight excluding hydrogens is 252 g/mol. The van der Waals surface area contributed by atoms with Crippen molar-refractivity contribution in [3.63, 3.8) is 0 Å². The molecule has 1 aromatic carbocycles. The maximum atomic E-state index is 12.1. The summed E-state index contributed by atoms with van der Waals surface area (Å²) < 4.78 is 7.77. The number of fused-ring (bicyclic) bond motifs is 1. The van der Waals surface area contributed by atoms with Gasteiger partial charge >= 0.3 is 0 Å². The Kier molecular flexibility index (Phi) is 3.56. The average Bonchev–Trinajstić information content (AvgIpc) is 2.47. The first-order chi connectivity index (χ1) is 9.74.